The van der Waals surface area contributed by atoms with E-state index in [1.54, 1.807) is 22.3 Å². The van der Waals surface area contributed by atoms with Gasteiger partial charge in [-0.15, -0.1) is 17.9 Å². The van der Waals surface area contributed by atoms with Crippen LogP contribution in [0.4, 0.5) is 0 Å². The molecule has 0 aliphatic heterocycles. The number of carbonyl (C=O) groups is 1. The molecule has 0 aliphatic carbocycles. The van der Waals surface area contributed by atoms with Gasteiger partial charge < -0.3 is 9.64 Å². The van der Waals surface area contributed by atoms with Crippen molar-refractivity contribution >= 4 is 17.2 Å². The lowest BCUT2D eigenvalue weighted by Crippen LogP contribution is -2.34. The van der Waals surface area contributed by atoms with Crippen molar-refractivity contribution < 1.29 is 9.53 Å². The fraction of sp³-hybridized carbons (Fsp3) is 0.278. The highest BCUT2D eigenvalue weighted by Gasteiger charge is 2.14. The number of carbonyl (C=O) groups excluding carboxylic acids is 1. The predicted molar refractivity (Wildman–Crippen MR) is 91.3 cm³/mol. The van der Waals surface area contributed by atoms with E-state index in [1.807, 2.05) is 49.6 Å². The highest BCUT2D eigenvalue weighted by atomic mass is 32.1. The van der Waals surface area contributed by atoms with Crippen molar-refractivity contribution in [1.29, 1.82) is 0 Å². The van der Waals surface area contributed by atoms with Crippen LogP contribution in [0, 0.1) is 13.8 Å². The number of nitrogens with zero attached hydrogens (tertiary/aromatic N) is 1. The molecule has 0 fully saturated rings. The van der Waals surface area contributed by atoms with Crippen LogP contribution in [0.2, 0.25) is 0 Å². The molecule has 0 radical (unpaired) electrons. The molecule has 0 N–H and O–H groups in total. The second-order valence-corrected chi connectivity index (χ2v) is 6.23. The molecule has 1 amide bonds. The van der Waals surface area contributed by atoms with E-state index in [9.17, 15) is 4.79 Å². The minimum atomic E-state index is -0.0340. The SMILES string of the molecule is C=CCN(Cc1cccs1)C(=O)COc1ccc(C)cc1C. The molecule has 1 aromatic heterocycles. The largest absolute Gasteiger partial charge is 0.483 e. The Hall–Kier alpha value is -2.07. The van der Waals surface area contributed by atoms with E-state index in [4.69, 9.17) is 4.74 Å². The molecule has 4 heteroatoms. The predicted octanol–water partition coefficient (Wildman–Crippen LogP) is 3.96. The summed E-state index contributed by atoms with van der Waals surface area (Å²) in [4.78, 5) is 15.3. The van der Waals surface area contributed by atoms with Gasteiger partial charge in [0.25, 0.3) is 5.91 Å². The standard InChI is InChI=1S/C18H21NO2S/c1-4-9-19(12-16-6-5-10-22-16)18(20)13-21-17-8-7-14(2)11-15(17)3/h4-8,10-11H,1,9,12-13H2,2-3H3. The van der Waals surface area contributed by atoms with Crippen LogP contribution in [-0.2, 0) is 11.3 Å². The minimum absolute atomic E-state index is 0.0340. The van der Waals surface area contributed by atoms with Crippen molar-refractivity contribution in [1.82, 2.24) is 4.90 Å². The van der Waals surface area contributed by atoms with E-state index in [-0.39, 0.29) is 12.5 Å². The number of thiophene rings is 1. The highest BCUT2D eigenvalue weighted by molar-refractivity contribution is 7.09. The summed E-state index contributed by atoms with van der Waals surface area (Å²) in [5.74, 6) is 0.724. The van der Waals surface area contributed by atoms with Crippen LogP contribution in [-0.4, -0.2) is 24.0 Å². The van der Waals surface area contributed by atoms with Crippen molar-refractivity contribution in [3.63, 3.8) is 0 Å². The summed E-state index contributed by atoms with van der Waals surface area (Å²) in [5, 5.41) is 2.01. The van der Waals surface area contributed by atoms with E-state index in [0.29, 0.717) is 13.1 Å². The van der Waals surface area contributed by atoms with Gasteiger partial charge in [-0.2, -0.15) is 0 Å². The highest BCUT2D eigenvalue weighted by Crippen LogP contribution is 2.19. The van der Waals surface area contributed by atoms with Crippen LogP contribution in [0.3, 0.4) is 0 Å². The summed E-state index contributed by atoms with van der Waals surface area (Å²) in [6.45, 7) is 8.91. The van der Waals surface area contributed by atoms with Gasteiger partial charge in [-0.25, -0.2) is 0 Å². The van der Waals surface area contributed by atoms with E-state index in [2.05, 4.69) is 6.58 Å². The summed E-state index contributed by atoms with van der Waals surface area (Å²) in [6.07, 6.45) is 1.74. The van der Waals surface area contributed by atoms with Crippen LogP contribution in [0.15, 0.2) is 48.4 Å². The molecule has 0 saturated heterocycles. The number of benzene rings is 1. The maximum absolute atomic E-state index is 12.4. The Morgan fingerprint density at radius 2 is 2.18 bits per heavy atom. The van der Waals surface area contributed by atoms with Gasteiger partial charge in [-0.05, 0) is 36.9 Å². The summed E-state index contributed by atoms with van der Waals surface area (Å²) in [6, 6.07) is 9.96. The third kappa shape index (κ3) is 4.46. The lowest BCUT2D eigenvalue weighted by atomic mass is 10.1. The third-order valence-corrected chi connectivity index (χ3v) is 4.17. The summed E-state index contributed by atoms with van der Waals surface area (Å²) >= 11 is 1.64. The molecule has 3 nitrogen and oxygen atoms in total. The van der Waals surface area contributed by atoms with Gasteiger partial charge >= 0.3 is 0 Å². The van der Waals surface area contributed by atoms with Crippen molar-refractivity contribution in [2.24, 2.45) is 0 Å². The Labute approximate surface area is 135 Å². The number of rotatable bonds is 7. The van der Waals surface area contributed by atoms with Crippen molar-refractivity contribution in [3.8, 4) is 5.75 Å². The molecular weight excluding hydrogens is 294 g/mol. The van der Waals surface area contributed by atoms with Gasteiger partial charge in [0.1, 0.15) is 5.75 Å². The van der Waals surface area contributed by atoms with Gasteiger partial charge in [-0.3, -0.25) is 4.79 Å². The van der Waals surface area contributed by atoms with Crippen molar-refractivity contribution in [2.75, 3.05) is 13.2 Å². The fourth-order valence-corrected chi connectivity index (χ4v) is 2.91. The first-order chi connectivity index (χ1) is 10.6. The Balaban J connectivity index is 1.97. The lowest BCUT2D eigenvalue weighted by Gasteiger charge is -2.21. The summed E-state index contributed by atoms with van der Waals surface area (Å²) < 4.78 is 5.68. The number of ether oxygens (including phenoxy) is 1. The first kappa shape index (κ1) is 16.3. The molecule has 2 rings (SSSR count). The zero-order valence-electron chi connectivity index (χ0n) is 13.0. The molecule has 0 spiro atoms. The minimum Gasteiger partial charge on any atom is -0.483 e. The fourth-order valence-electron chi connectivity index (χ4n) is 2.19. The van der Waals surface area contributed by atoms with Gasteiger partial charge in [0, 0.05) is 11.4 Å². The molecule has 116 valence electrons. The maximum atomic E-state index is 12.4. The Kier molecular flexibility index (Phi) is 5.78. The van der Waals surface area contributed by atoms with Crippen LogP contribution >= 0.6 is 11.3 Å². The topological polar surface area (TPSA) is 29.5 Å². The van der Waals surface area contributed by atoms with Crippen LogP contribution < -0.4 is 4.74 Å². The third-order valence-electron chi connectivity index (χ3n) is 3.31. The zero-order chi connectivity index (χ0) is 15.9. The second-order valence-electron chi connectivity index (χ2n) is 5.20. The first-order valence-electron chi connectivity index (χ1n) is 7.21. The van der Waals surface area contributed by atoms with Gasteiger partial charge in [0.2, 0.25) is 0 Å². The van der Waals surface area contributed by atoms with E-state index < -0.39 is 0 Å². The molecule has 0 bridgehead atoms. The molecule has 2 aromatic rings. The number of hydrogen-bond donors (Lipinski definition) is 0. The van der Waals surface area contributed by atoms with Crippen molar-refractivity contribution in [2.45, 2.75) is 20.4 Å². The Bertz CT molecular complexity index is 635. The van der Waals surface area contributed by atoms with Gasteiger partial charge in [0.05, 0.1) is 6.54 Å². The van der Waals surface area contributed by atoms with Crippen LogP contribution in [0.5, 0.6) is 5.75 Å². The van der Waals surface area contributed by atoms with Crippen molar-refractivity contribution in [3.05, 3.63) is 64.4 Å². The maximum Gasteiger partial charge on any atom is 0.261 e. The van der Waals surface area contributed by atoms with Gasteiger partial charge in [0.15, 0.2) is 6.61 Å². The average Bonchev–Trinajstić information content (AvgIpc) is 2.98. The van der Waals surface area contributed by atoms with E-state index >= 15 is 0 Å². The summed E-state index contributed by atoms with van der Waals surface area (Å²) in [5.41, 5.74) is 2.23. The molecule has 0 unspecified atom stereocenters. The molecule has 0 saturated carbocycles. The van der Waals surface area contributed by atoms with Crippen LogP contribution in [0.25, 0.3) is 0 Å². The smallest absolute Gasteiger partial charge is 0.261 e. The quantitative estimate of drug-likeness (QED) is 0.724. The first-order valence-corrected chi connectivity index (χ1v) is 8.09. The number of aryl methyl sites for hydroxylation is 2. The Morgan fingerprint density at radius 3 is 2.82 bits per heavy atom. The molecule has 0 atom stereocenters. The van der Waals surface area contributed by atoms with E-state index in [0.717, 1.165) is 16.2 Å². The molecular formula is C18H21NO2S. The monoisotopic (exact) mass is 315 g/mol. The second kappa shape index (κ2) is 7.80. The Morgan fingerprint density at radius 1 is 1.36 bits per heavy atom. The average molecular weight is 315 g/mol. The molecule has 22 heavy (non-hydrogen) atoms. The normalized spacial score (nSPS) is 10.3. The molecule has 0 aliphatic rings. The lowest BCUT2D eigenvalue weighted by molar-refractivity contribution is -0.133. The zero-order valence-corrected chi connectivity index (χ0v) is 13.9. The number of amides is 1. The van der Waals surface area contributed by atoms with E-state index in [1.165, 1.54) is 5.56 Å². The number of hydrogen-bond acceptors (Lipinski definition) is 3. The molecule has 1 aromatic carbocycles. The van der Waals surface area contributed by atoms with Crippen LogP contribution in [0.1, 0.15) is 16.0 Å². The summed E-state index contributed by atoms with van der Waals surface area (Å²) in [7, 11) is 0. The van der Waals surface area contributed by atoms with Gasteiger partial charge in [-0.1, -0.05) is 29.8 Å². The molecule has 1 heterocycles.